The Kier molecular flexibility index (Phi) is 11.4. The summed E-state index contributed by atoms with van der Waals surface area (Å²) in [4.78, 5) is 0. The molecule has 0 unspecified atom stereocenters. The molecule has 2 aromatic carbocycles. The molecule has 162 valence electrons. The van der Waals surface area contributed by atoms with Gasteiger partial charge in [-0.3, -0.25) is 0 Å². The van der Waals surface area contributed by atoms with Crippen LogP contribution in [-0.2, 0) is 0 Å². The summed E-state index contributed by atoms with van der Waals surface area (Å²) < 4.78 is 11.3. The van der Waals surface area contributed by atoms with E-state index in [0.29, 0.717) is 24.1 Å². The van der Waals surface area contributed by atoms with Crippen LogP contribution in [0, 0.1) is 0 Å². The topological polar surface area (TPSA) is 99.4 Å². The average Bonchev–Trinajstić information content (AvgIpc) is 2.75. The Morgan fingerprint density at radius 2 is 0.767 bits per heavy atom. The highest BCUT2D eigenvalue weighted by Gasteiger charge is 2.10. The molecule has 8 heteroatoms. The van der Waals surface area contributed by atoms with Crippen molar-refractivity contribution in [2.24, 2.45) is 0 Å². The Hall–Kier alpha value is -1.99. The first kappa shape index (κ1) is 24.3. The molecule has 0 saturated heterocycles. The van der Waals surface area contributed by atoms with Gasteiger partial charge >= 0.3 is 14.2 Å². The third-order valence-corrected chi connectivity index (χ3v) is 4.93. The number of benzene rings is 2. The van der Waals surface area contributed by atoms with Gasteiger partial charge in [0.05, 0.1) is 13.2 Å². The molecule has 0 saturated carbocycles. The monoisotopic (exact) mass is 414 g/mol. The third-order valence-electron chi connectivity index (χ3n) is 4.93. The molecule has 6 nitrogen and oxygen atoms in total. The van der Waals surface area contributed by atoms with Crippen molar-refractivity contribution in [2.45, 2.75) is 51.4 Å². The Labute approximate surface area is 179 Å². The Balaban J connectivity index is 1.39. The first-order chi connectivity index (χ1) is 14.6. The summed E-state index contributed by atoms with van der Waals surface area (Å²) in [7, 11) is -2.88. The molecule has 0 amide bonds. The lowest BCUT2D eigenvalue weighted by atomic mass is 9.80. The van der Waals surface area contributed by atoms with E-state index >= 15 is 0 Å². The maximum Gasteiger partial charge on any atom is 0.488 e. The average molecular weight is 414 g/mol. The van der Waals surface area contributed by atoms with Gasteiger partial charge in [0.15, 0.2) is 0 Å². The summed E-state index contributed by atoms with van der Waals surface area (Å²) in [5.41, 5.74) is 0.928. The van der Waals surface area contributed by atoms with Crippen LogP contribution in [-0.4, -0.2) is 47.5 Å². The maximum atomic E-state index is 9.06. The molecular formula is C22H32B2O6. The number of rotatable bonds is 15. The van der Waals surface area contributed by atoms with Crippen molar-refractivity contribution in [3.8, 4) is 11.5 Å². The van der Waals surface area contributed by atoms with Gasteiger partial charge in [-0.15, -0.1) is 0 Å². The van der Waals surface area contributed by atoms with Gasteiger partial charge in [-0.2, -0.15) is 0 Å². The van der Waals surface area contributed by atoms with E-state index < -0.39 is 14.2 Å². The lowest BCUT2D eigenvalue weighted by molar-refractivity contribution is 0.301. The Morgan fingerprint density at radius 3 is 1.07 bits per heavy atom. The second-order valence-corrected chi connectivity index (χ2v) is 7.41. The second kappa shape index (κ2) is 14.1. The molecule has 2 rings (SSSR count). The van der Waals surface area contributed by atoms with Gasteiger partial charge in [0, 0.05) is 0 Å². The molecular weight excluding hydrogens is 382 g/mol. The third kappa shape index (κ3) is 9.67. The number of hydrogen-bond acceptors (Lipinski definition) is 6. The molecule has 0 aliphatic heterocycles. The molecule has 0 heterocycles. The van der Waals surface area contributed by atoms with Crippen LogP contribution in [0.4, 0.5) is 0 Å². The van der Waals surface area contributed by atoms with Gasteiger partial charge in [-0.25, -0.2) is 0 Å². The normalized spacial score (nSPS) is 10.7. The fraction of sp³-hybridized carbons (Fsp3) is 0.455. The lowest BCUT2D eigenvalue weighted by Gasteiger charge is -2.08. The molecule has 0 atom stereocenters. The van der Waals surface area contributed by atoms with Crippen LogP contribution < -0.4 is 20.4 Å². The van der Waals surface area contributed by atoms with Gasteiger partial charge in [0.25, 0.3) is 0 Å². The SMILES string of the molecule is OB(O)c1ccc(OCCCCCCCCCCOc2ccc(B(O)O)cc2)cc1. The van der Waals surface area contributed by atoms with Crippen LogP contribution in [0.5, 0.6) is 11.5 Å². The zero-order chi connectivity index (χ0) is 21.6. The van der Waals surface area contributed by atoms with Crippen molar-refractivity contribution in [1.29, 1.82) is 0 Å². The fourth-order valence-corrected chi connectivity index (χ4v) is 3.12. The van der Waals surface area contributed by atoms with Crippen molar-refractivity contribution < 1.29 is 29.6 Å². The highest BCUT2D eigenvalue weighted by atomic mass is 16.5. The van der Waals surface area contributed by atoms with Crippen LogP contribution in [0.1, 0.15) is 51.4 Å². The predicted molar refractivity (Wildman–Crippen MR) is 120 cm³/mol. The van der Waals surface area contributed by atoms with Gasteiger partial charge in [0.1, 0.15) is 11.5 Å². The number of ether oxygens (including phenoxy) is 2. The van der Waals surface area contributed by atoms with Crippen LogP contribution in [0.25, 0.3) is 0 Å². The van der Waals surface area contributed by atoms with Crippen LogP contribution in [0.2, 0.25) is 0 Å². The first-order valence-corrected chi connectivity index (χ1v) is 10.7. The Bertz CT molecular complexity index is 630. The van der Waals surface area contributed by atoms with E-state index in [9.17, 15) is 0 Å². The summed E-state index contributed by atoms with van der Waals surface area (Å²) in [6, 6.07) is 13.7. The molecule has 0 aromatic heterocycles. The summed E-state index contributed by atoms with van der Waals surface area (Å²) >= 11 is 0. The zero-order valence-corrected chi connectivity index (χ0v) is 17.4. The molecule has 2 aromatic rings. The van der Waals surface area contributed by atoms with E-state index in [0.717, 1.165) is 37.2 Å². The van der Waals surface area contributed by atoms with Gasteiger partial charge < -0.3 is 29.6 Å². The minimum atomic E-state index is -1.44. The predicted octanol–water partition coefficient (Wildman–Crippen LogP) is 1.62. The quantitative estimate of drug-likeness (QED) is 0.261. The van der Waals surface area contributed by atoms with Crippen molar-refractivity contribution in [3.63, 3.8) is 0 Å². The molecule has 0 spiro atoms. The summed E-state index contributed by atoms with van der Waals surface area (Å²) in [5, 5.41) is 36.2. The number of unbranched alkanes of at least 4 members (excludes halogenated alkanes) is 7. The lowest BCUT2D eigenvalue weighted by Crippen LogP contribution is -2.29. The highest BCUT2D eigenvalue weighted by molar-refractivity contribution is 6.58. The molecule has 0 fully saturated rings. The van der Waals surface area contributed by atoms with E-state index in [1.165, 1.54) is 25.7 Å². The molecule has 0 radical (unpaired) electrons. The van der Waals surface area contributed by atoms with E-state index in [4.69, 9.17) is 29.6 Å². The molecule has 0 aliphatic rings. The van der Waals surface area contributed by atoms with Crippen LogP contribution in [0.3, 0.4) is 0 Å². The molecule has 4 N–H and O–H groups in total. The number of hydrogen-bond donors (Lipinski definition) is 4. The summed E-state index contributed by atoms with van der Waals surface area (Å²) in [6.45, 7) is 1.35. The van der Waals surface area contributed by atoms with E-state index in [2.05, 4.69) is 0 Å². The van der Waals surface area contributed by atoms with Crippen LogP contribution >= 0.6 is 0 Å². The van der Waals surface area contributed by atoms with Crippen molar-refractivity contribution in [2.75, 3.05) is 13.2 Å². The fourth-order valence-electron chi connectivity index (χ4n) is 3.12. The van der Waals surface area contributed by atoms with Crippen molar-refractivity contribution in [1.82, 2.24) is 0 Å². The standard InChI is InChI=1S/C22H32B2O6/c25-23(26)19-9-13-21(14-10-19)29-17-7-5-3-1-2-4-6-8-18-30-22-15-11-20(12-16-22)24(27)28/h9-16,25-28H,1-8,17-18H2. The highest BCUT2D eigenvalue weighted by Crippen LogP contribution is 2.12. The van der Waals surface area contributed by atoms with Gasteiger partial charge in [-0.05, 0) is 48.0 Å². The van der Waals surface area contributed by atoms with E-state index in [-0.39, 0.29) is 0 Å². The van der Waals surface area contributed by atoms with E-state index in [1.54, 1.807) is 48.5 Å². The smallest absolute Gasteiger partial charge is 0.488 e. The second-order valence-electron chi connectivity index (χ2n) is 7.41. The van der Waals surface area contributed by atoms with Crippen LogP contribution in [0.15, 0.2) is 48.5 Å². The zero-order valence-electron chi connectivity index (χ0n) is 17.4. The summed E-state index contributed by atoms with van der Waals surface area (Å²) in [6.07, 6.45) is 9.21. The molecule has 0 aliphatic carbocycles. The van der Waals surface area contributed by atoms with E-state index in [1.807, 2.05) is 0 Å². The largest absolute Gasteiger partial charge is 0.494 e. The maximum absolute atomic E-state index is 9.06. The molecule has 0 bridgehead atoms. The van der Waals surface area contributed by atoms with Gasteiger partial charge in [0.2, 0.25) is 0 Å². The summed E-state index contributed by atoms with van der Waals surface area (Å²) in [5.74, 6) is 1.51. The first-order valence-electron chi connectivity index (χ1n) is 10.7. The van der Waals surface area contributed by atoms with Crippen molar-refractivity contribution in [3.05, 3.63) is 48.5 Å². The Morgan fingerprint density at radius 1 is 0.467 bits per heavy atom. The van der Waals surface area contributed by atoms with Crippen molar-refractivity contribution >= 4 is 25.2 Å². The minimum absolute atomic E-state index is 0.464. The van der Waals surface area contributed by atoms with Gasteiger partial charge in [-0.1, -0.05) is 62.8 Å². The minimum Gasteiger partial charge on any atom is -0.494 e. The molecule has 30 heavy (non-hydrogen) atoms.